The molecule has 0 aliphatic carbocycles. The molecule has 2 heterocycles. The van der Waals surface area contributed by atoms with Gasteiger partial charge in [-0.25, -0.2) is 14.7 Å². The molecule has 0 saturated carbocycles. The number of nitrogens with one attached hydrogen (secondary N) is 2. The van der Waals surface area contributed by atoms with Gasteiger partial charge in [0.25, 0.3) is 0 Å². The van der Waals surface area contributed by atoms with Gasteiger partial charge in [0.05, 0.1) is 18.8 Å². The molecule has 1 aromatic carbocycles. The number of hydrogen-bond acceptors (Lipinski definition) is 4. The predicted octanol–water partition coefficient (Wildman–Crippen LogP) is 2.89. The van der Waals surface area contributed by atoms with Crippen molar-refractivity contribution in [2.45, 2.75) is 26.9 Å². The van der Waals surface area contributed by atoms with Crippen molar-refractivity contribution in [1.29, 1.82) is 0 Å². The zero-order valence-electron chi connectivity index (χ0n) is 14.4. The lowest BCUT2D eigenvalue weighted by atomic mass is 10.2. The smallest absolute Gasteiger partial charge is 0.191 e. The third-order valence-electron chi connectivity index (χ3n) is 3.52. The van der Waals surface area contributed by atoms with Crippen LogP contribution in [0.15, 0.2) is 53.9 Å². The standard InChI is InChI=1S/C18H22N6S/c1-3-19-18(22-13-17-20-11-14(2)25-17)21-12-15-6-4-7-16(10-15)24-9-5-8-23-24/h4-11H,3,12-13H2,1-2H3,(H2,19,21,22). The zero-order valence-corrected chi connectivity index (χ0v) is 15.3. The number of guanidine groups is 1. The van der Waals surface area contributed by atoms with Crippen LogP contribution in [0.5, 0.6) is 0 Å². The normalized spacial score (nSPS) is 11.5. The van der Waals surface area contributed by atoms with Gasteiger partial charge in [-0.3, -0.25) is 0 Å². The Morgan fingerprint density at radius 3 is 2.92 bits per heavy atom. The van der Waals surface area contributed by atoms with E-state index in [4.69, 9.17) is 0 Å². The van der Waals surface area contributed by atoms with Crippen LogP contribution in [0.1, 0.15) is 22.4 Å². The summed E-state index contributed by atoms with van der Waals surface area (Å²) in [6, 6.07) is 10.2. The van der Waals surface area contributed by atoms with Crippen LogP contribution in [0.3, 0.4) is 0 Å². The van der Waals surface area contributed by atoms with Crippen molar-refractivity contribution in [3.63, 3.8) is 0 Å². The second-order valence-corrected chi connectivity index (χ2v) is 6.85. The molecular formula is C18H22N6S. The quantitative estimate of drug-likeness (QED) is 0.528. The molecule has 7 heteroatoms. The molecule has 0 aliphatic rings. The number of benzene rings is 1. The van der Waals surface area contributed by atoms with Gasteiger partial charge in [-0.1, -0.05) is 12.1 Å². The molecule has 0 fully saturated rings. The molecular weight excluding hydrogens is 332 g/mol. The van der Waals surface area contributed by atoms with Crippen LogP contribution in [-0.2, 0) is 13.1 Å². The van der Waals surface area contributed by atoms with Crippen molar-refractivity contribution in [2.75, 3.05) is 6.54 Å². The molecule has 25 heavy (non-hydrogen) atoms. The number of rotatable bonds is 6. The molecule has 0 amide bonds. The number of aromatic nitrogens is 3. The van der Waals surface area contributed by atoms with Crippen molar-refractivity contribution in [2.24, 2.45) is 4.99 Å². The van der Waals surface area contributed by atoms with E-state index >= 15 is 0 Å². The third kappa shape index (κ3) is 4.90. The fourth-order valence-corrected chi connectivity index (χ4v) is 3.10. The molecule has 0 saturated heterocycles. The van der Waals surface area contributed by atoms with Gasteiger partial charge < -0.3 is 10.6 Å². The number of thiazole rings is 1. The molecule has 2 aromatic heterocycles. The zero-order chi connectivity index (χ0) is 17.5. The van der Waals surface area contributed by atoms with Crippen molar-refractivity contribution in [3.8, 4) is 5.69 Å². The summed E-state index contributed by atoms with van der Waals surface area (Å²) in [4.78, 5) is 10.3. The molecule has 3 aromatic rings. The molecule has 0 aliphatic heterocycles. The minimum absolute atomic E-state index is 0.599. The van der Waals surface area contributed by atoms with Crippen LogP contribution in [0, 0.1) is 6.92 Å². The number of aliphatic imine (C=N–C) groups is 1. The van der Waals surface area contributed by atoms with Crippen LogP contribution in [0.2, 0.25) is 0 Å². The molecule has 0 bridgehead atoms. The summed E-state index contributed by atoms with van der Waals surface area (Å²) >= 11 is 1.70. The monoisotopic (exact) mass is 354 g/mol. The maximum atomic E-state index is 4.67. The summed E-state index contributed by atoms with van der Waals surface area (Å²) in [5.41, 5.74) is 2.17. The first-order valence-corrected chi connectivity index (χ1v) is 9.08. The van der Waals surface area contributed by atoms with Gasteiger partial charge in [-0.15, -0.1) is 11.3 Å². The molecule has 6 nitrogen and oxygen atoms in total. The van der Waals surface area contributed by atoms with Crippen molar-refractivity contribution in [3.05, 3.63) is 64.4 Å². The topological polar surface area (TPSA) is 67.1 Å². The summed E-state index contributed by atoms with van der Waals surface area (Å²) in [5.74, 6) is 0.792. The van der Waals surface area contributed by atoms with Gasteiger partial charge in [-0.05, 0) is 37.6 Å². The number of hydrogen-bond donors (Lipinski definition) is 2. The SMILES string of the molecule is CCNC(=NCc1cccc(-n2cccn2)c1)NCc1ncc(C)s1. The van der Waals surface area contributed by atoms with Gasteiger partial charge >= 0.3 is 0 Å². The van der Waals surface area contributed by atoms with Crippen LogP contribution in [-0.4, -0.2) is 27.3 Å². The Labute approximate surface area is 151 Å². The average Bonchev–Trinajstić information content (AvgIpc) is 3.29. The Balaban J connectivity index is 1.65. The maximum absolute atomic E-state index is 4.67. The molecule has 0 atom stereocenters. The van der Waals surface area contributed by atoms with E-state index in [0.717, 1.165) is 28.8 Å². The molecule has 0 radical (unpaired) electrons. The Kier molecular flexibility index (Phi) is 5.79. The van der Waals surface area contributed by atoms with Crippen LogP contribution >= 0.6 is 11.3 Å². The fourth-order valence-electron chi connectivity index (χ4n) is 2.37. The van der Waals surface area contributed by atoms with Gasteiger partial charge in [0.2, 0.25) is 0 Å². The molecule has 0 unspecified atom stereocenters. The van der Waals surface area contributed by atoms with E-state index in [1.54, 1.807) is 17.5 Å². The summed E-state index contributed by atoms with van der Waals surface area (Å²) < 4.78 is 1.85. The van der Waals surface area contributed by atoms with Crippen LogP contribution in [0.4, 0.5) is 0 Å². The second kappa shape index (κ2) is 8.43. The Bertz CT molecular complexity index is 822. The van der Waals surface area contributed by atoms with Gasteiger partial charge in [0.1, 0.15) is 5.01 Å². The highest BCUT2D eigenvalue weighted by Crippen LogP contribution is 2.11. The van der Waals surface area contributed by atoms with E-state index in [1.807, 2.05) is 35.3 Å². The second-order valence-electron chi connectivity index (χ2n) is 5.53. The van der Waals surface area contributed by atoms with E-state index in [1.165, 1.54) is 4.88 Å². The van der Waals surface area contributed by atoms with Crippen molar-refractivity contribution >= 4 is 17.3 Å². The van der Waals surface area contributed by atoms with E-state index < -0.39 is 0 Å². The van der Waals surface area contributed by atoms with Gasteiger partial charge in [0.15, 0.2) is 5.96 Å². The largest absolute Gasteiger partial charge is 0.357 e. The van der Waals surface area contributed by atoms with E-state index in [2.05, 4.69) is 51.7 Å². The first kappa shape index (κ1) is 17.2. The third-order valence-corrected chi connectivity index (χ3v) is 4.43. The van der Waals surface area contributed by atoms with E-state index in [0.29, 0.717) is 13.1 Å². The first-order valence-electron chi connectivity index (χ1n) is 8.27. The lowest BCUT2D eigenvalue weighted by Gasteiger charge is -2.10. The average molecular weight is 354 g/mol. The molecule has 130 valence electrons. The lowest BCUT2D eigenvalue weighted by molar-refractivity contribution is 0.811. The number of aryl methyl sites for hydroxylation is 1. The highest BCUT2D eigenvalue weighted by Gasteiger charge is 2.03. The summed E-state index contributed by atoms with van der Waals surface area (Å²) in [7, 11) is 0. The van der Waals surface area contributed by atoms with Crippen molar-refractivity contribution in [1.82, 2.24) is 25.4 Å². The maximum Gasteiger partial charge on any atom is 0.191 e. The molecule has 0 spiro atoms. The van der Waals surface area contributed by atoms with E-state index in [-0.39, 0.29) is 0 Å². The summed E-state index contributed by atoms with van der Waals surface area (Å²) in [5, 5.41) is 11.9. The predicted molar refractivity (Wildman–Crippen MR) is 102 cm³/mol. The summed E-state index contributed by atoms with van der Waals surface area (Å²) in [6.07, 6.45) is 5.61. The van der Waals surface area contributed by atoms with Gasteiger partial charge in [0, 0.05) is 30.0 Å². The summed E-state index contributed by atoms with van der Waals surface area (Å²) in [6.45, 7) is 6.21. The van der Waals surface area contributed by atoms with Crippen LogP contribution in [0.25, 0.3) is 5.69 Å². The Morgan fingerprint density at radius 1 is 1.28 bits per heavy atom. The first-order chi connectivity index (χ1) is 12.2. The highest BCUT2D eigenvalue weighted by atomic mass is 32.1. The fraction of sp³-hybridized carbons (Fsp3) is 0.278. The highest BCUT2D eigenvalue weighted by molar-refractivity contribution is 7.11. The molecule has 3 rings (SSSR count). The lowest BCUT2D eigenvalue weighted by Crippen LogP contribution is -2.36. The minimum Gasteiger partial charge on any atom is -0.357 e. The van der Waals surface area contributed by atoms with Crippen molar-refractivity contribution < 1.29 is 0 Å². The molecule has 2 N–H and O–H groups in total. The Hall–Kier alpha value is -2.67. The van der Waals surface area contributed by atoms with Gasteiger partial charge in [-0.2, -0.15) is 5.10 Å². The van der Waals surface area contributed by atoms with E-state index in [9.17, 15) is 0 Å². The minimum atomic E-state index is 0.599. The van der Waals surface area contributed by atoms with Crippen LogP contribution < -0.4 is 10.6 Å². The number of nitrogens with zero attached hydrogens (tertiary/aromatic N) is 4. The Morgan fingerprint density at radius 2 is 2.20 bits per heavy atom.